The minimum absolute atomic E-state index is 0.00333. The summed E-state index contributed by atoms with van der Waals surface area (Å²) in [7, 11) is 1.72. The zero-order chi connectivity index (χ0) is 12.3. The first-order valence-electron chi connectivity index (χ1n) is 5.57. The highest BCUT2D eigenvalue weighted by molar-refractivity contribution is 5.48. The van der Waals surface area contributed by atoms with Gasteiger partial charge in [-0.1, -0.05) is 0 Å². The third-order valence-electron chi connectivity index (χ3n) is 2.61. The van der Waals surface area contributed by atoms with Gasteiger partial charge in [-0.3, -0.25) is 0 Å². The number of nitrogens with one attached hydrogen (secondary N) is 1. The molecule has 0 saturated heterocycles. The lowest BCUT2D eigenvalue weighted by molar-refractivity contribution is 0.149. The molecule has 0 aliphatic carbocycles. The van der Waals surface area contributed by atoms with Gasteiger partial charge in [0.2, 0.25) is 0 Å². The minimum atomic E-state index is -2.50. The third kappa shape index (κ3) is 2.66. The third-order valence-corrected chi connectivity index (χ3v) is 2.61. The maximum absolute atomic E-state index is 12.9. The Morgan fingerprint density at radius 1 is 1.24 bits per heavy atom. The fourth-order valence-corrected chi connectivity index (χ4v) is 1.81. The zero-order valence-corrected chi connectivity index (χ0v) is 9.63. The number of ether oxygens (including phenoxy) is 2. The smallest absolute Gasteiger partial charge is 0.264 e. The van der Waals surface area contributed by atoms with Gasteiger partial charge in [0.25, 0.3) is 6.43 Å². The molecular formula is C12H15F2NO2. The highest BCUT2D eigenvalue weighted by atomic mass is 19.3. The predicted octanol–water partition coefficient (Wildman–Crippen LogP) is 2.50. The van der Waals surface area contributed by atoms with Crippen LogP contribution >= 0.6 is 0 Å². The van der Waals surface area contributed by atoms with E-state index in [2.05, 4.69) is 5.32 Å². The summed E-state index contributed by atoms with van der Waals surface area (Å²) in [6.07, 6.45) is -1.74. The van der Waals surface area contributed by atoms with Crippen LogP contribution in [0.5, 0.6) is 11.5 Å². The van der Waals surface area contributed by atoms with Crippen LogP contribution in [0.3, 0.4) is 0 Å². The lowest BCUT2D eigenvalue weighted by Crippen LogP contribution is -2.09. The van der Waals surface area contributed by atoms with Crippen molar-refractivity contribution in [2.45, 2.75) is 19.4 Å². The summed E-state index contributed by atoms with van der Waals surface area (Å²) < 4.78 is 36.7. The van der Waals surface area contributed by atoms with Crippen molar-refractivity contribution in [3.63, 3.8) is 0 Å². The van der Waals surface area contributed by atoms with Gasteiger partial charge >= 0.3 is 0 Å². The van der Waals surface area contributed by atoms with E-state index >= 15 is 0 Å². The Bertz CT molecular complexity index is 396. The second-order valence-corrected chi connectivity index (χ2v) is 3.88. The van der Waals surface area contributed by atoms with E-state index in [0.29, 0.717) is 36.8 Å². The van der Waals surface area contributed by atoms with E-state index in [-0.39, 0.29) is 5.56 Å². The van der Waals surface area contributed by atoms with Crippen LogP contribution in [0.4, 0.5) is 8.78 Å². The first kappa shape index (κ1) is 12.1. The van der Waals surface area contributed by atoms with Gasteiger partial charge < -0.3 is 14.8 Å². The molecule has 0 atom stereocenters. The lowest BCUT2D eigenvalue weighted by Gasteiger charge is -2.14. The molecule has 0 aromatic heterocycles. The van der Waals surface area contributed by atoms with Crippen molar-refractivity contribution in [2.24, 2.45) is 0 Å². The van der Waals surface area contributed by atoms with Gasteiger partial charge in [-0.25, -0.2) is 8.78 Å². The molecule has 3 nitrogen and oxygen atoms in total. The number of fused-ring (bicyclic) bond motifs is 1. The molecule has 1 aliphatic rings. The Hall–Kier alpha value is -1.36. The summed E-state index contributed by atoms with van der Waals surface area (Å²) in [5, 5.41) is 2.87. The molecule has 0 unspecified atom stereocenters. The fourth-order valence-electron chi connectivity index (χ4n) is 1.81. The zero-order valence-electron chi connectivity index (χ0n) is 9.63. The number of halogens is 2. The Morgan fingerprint density at radius 2 is 1.88 bits per heavy atom. The van der Waals surface area contributed by atoms with Crippen molar-refractivity contribution in [1.82, 2.24) is 5.32 Å². The monoisotopic (exact) mass is 243 g/mol. The highest BCUT2D eigenvalue weighted by Gasteiger charge is 2.19. The van der Waals surface area contributed by atoms with E-state index in [0.717, 1.165) is 6.42 Å². The van der Waals surface area contributed by atoms with Crippen molar-refractivity contribution in [3.8, 4) is 11.5 Å². The van der Waals surface area contributed by atoms with Gasteiger partial charge in [0, 0.05) is 18.5 Å². The molecule has 1 N–H and O–H groups in total. The molecule has 5 heteroatoms. The lowest BCUT2D eigenvalue weighted by atomic mass is 10.1. The van der Waals surface area contributed by atoms with Gasteiger partial charge in [0.05, 0.1) is 13.2 Å². The van der Waals surface area contributed by atoms with E-state index in [1.54, 1.807) is 13.1 Å². The van der Waals surface area contributed by atoms with Gasteiger partial charge in [-0.15, -0.1) is 0 Å². The molecule has 0 amide bonds. The van der Waals surface area contributed by atoms with Crippen LogP contribution in [0.25, 0.3) is 0 Å². The second kappa shape index (κ2) is 5.31. The van der Waals surface area contributed by atoms with E-state index in [9.17, 15) is 8.78 Å². The second-order valence-electron chi connectivity index (χ2n) is 3.88. The molecule has 0 radical (unpaired) electrons. The average Bonchev–Trinajstić information content (AvgIpc) is 2.52. The molecule has 0 saturated carbocycles. The fraction of sp³-hybridized carbons (Fsp3) is 0.500. The molecule has 0 spiro atoms. The molecular weight excluding hydrogens is 228 g/mol. The Balaban J connectivity index is 2.41. The summed E-state index contributed by atoms with van der Waals surface area (Å²) in [5.41, 5.74) is 0.551. The van der Waals surface area contributed by atoms with Gasteiger partial charge in [-0.05, 0) is 24.7 Å². The molecule has 1 aliphatic heterocycles. The highest BCUT2D eigenvalue weighted by Crippen LogP contribution is 2.36. The van der Waals surface area contributed by atoms with E-state index in [1.165, 1.54) is 6.07 Å². The maximum atomic E-state index is 12.9. The Labute approximate surface area is 98.7 Å². The first-order valence-corrected chi connectivity index (χ1v) is 5.57. The summed E-state index contributed by atoms with van der Waals surface area (Å²) in [5.74, 6) is 0.967. The van der Waals surface area contributed by atoms with Crippen LogP contribution in [0.1, 0.15) is 24.0 Å². The summed E-state index contributed by atoms with van der Waals surface area (Å²) >= 11 is 0. The molecule has 1 aromatic carbocycles. The molecule has 94 valence electrons. The molecule has 17 heavy (non-hydrogen) atoms. The van der Waals surface area contributed by atoms with E-state index in [1.807, 2.05) is 0 Å². The summed E-state index contributed by atoms with van der Waals surface area (Å²) in [6, 6.07) is 3.02. The number of rotatable bonds is 3. The normalized spacial score (nSPS) is 14.8. The Kier molecular flexibility index (Phi) is 3.78. The molecule has 2 rings (SSSR count). The number of hydrogen-bond donors (Lipinski definition) is 1. The van der Waals surface area contributed by atoms with Gasteiger partial charge in [0.1, 0.15) is 0 Å². The van der Waals surface area contributed by atoms with Crippen molar-refractivity contribution < 1.29 is 18.3 Å². The van der Waals surface area contributed by atoms with Crippen LogP contribution in [0.2, 0.25) is 0 Å². The van der Waals surface area contributed by atoms with Crippen LogP contribution < -0.4 is 14.8 Å². The minimum Gasteiger partial charge on any atom is -0.490 e. The van der Waals surface area contributed by atoms with Crippen molar-refractivity contribution in [2.75, 3.05) is 20.3 Å². The van der Waals surface area contributed by atoms with Crippen molar-refractivity contribution in [3.05, 3.63) is 23.3 Å². The van der Waals surface area contributed by atoms with Crippen LogP contribution in [0, 0.1) is 0 Å². The van der Waals surface area contributed by atoms with Crippen molar-refractivity contribution >= 4 is 0 Å². The van der Waals surface area contributed by atoms with Gasteiger partial charge in [-0.2, -0.15) is 0 Å². The number of alkyl halides is 2. The molecule has 1 heterocycles. The number of hydrogen-bond acceptors (Lipinski definition) is 3. The summed E-state index contributed by atoms with van der Waals surface area (Å²) in [4.78, 5) is 0. The topological polar surface area (TPSA) is 30.5 Å². The average molecular weight is 243 g/mol. The van der Waals surface area contributed by atoms with Crippen LogP contribution in [0.15, 0.2) is 12.1 Å². The SMILES string of the molecule is CNCc1cc2c(cc1C(F)F)OCCCO2. The molecule has 0 bridgehead atoms. The van der Waals surface area contributed by atoms with Crippen LogP contribution in [-0.4, -0.2) is 20.3 Å². The molecule has 1 aromatic rings. The van der Waals surface area contributed by atoms with Gasteiger partial charge in [0.15, 0.2) is 11.5 Å². The van der Waals surface area contributed by atoms with E-state index in [4.69, 9.17) is 9.47 Å². The largest absolute Gasteiger partial charge is 0.490 e. The first-order chi connectivity index (χ1) is 8.22. The van der Waals surface area contributed by atoms with Crippen LogP contribution in [-0.2, 0) is 6.54 Å². The van der Waals surface area contributed by atoms with Crippen molar-refractivity contribution in [1.29, 1.82) is 0 Å². The van der Waals surface area contributed by atoms with E-state index < -0.39 is 6.43 Å². The maximum Gasteiger partial charge on any atom is 0.264 e. The predicted molar refractivity (Wildman–Crippen MR) is 59.8 cm³/mol. The standard InChI is InChI=1S/C12H15F2NO2/c1-15-7-8-5-10-11(6-9(8)12(13)14)17-4-2-3-16-10/h5-6,12,15H,2-4,7H2,1H3. The molecule has 0 fully saturated rings. The Morgan fingerprint density at radius 3 is 2.47 bits per heavy atom. The summed E-state index contributed by atoms with van der Waals surface area (Å²) in [6.45, 7) is 1.44. The number of benzene rings is 1. The quantitative estimate of drug-likeness (QED) is 0.884.